The molecule has 6 heteroatoms. The molecule has 2 rings (SSSR count). The van der Waals surface area contributed by atoms with E-state index in [2.05, 4.69) is 15.6 Å². The highest BCUT2D eigenvalue weighted by Gasteiger charge is 2.10. The van der Waals surface area contributed by atoms with Crippen molar-refractivity contribution in [2.75, 3.05) is 7.11 Å². The molecule has 0 aliphatic heterocycles. The number of ether oxygens (including phenoxy) is 1. The number of rotatable bonds is 1. The monoisotopic (exact) mass is 250 g/mol. The van der Waals surface area contributed by atoms with Crippen LogP contribution in [0.2, 0.25) is 0 Å². The first-order valence-corrected chi connectivity index (χ1v) is 5.65. The summed E-state index contributed by atoms with van der Waals surface area (Å²) < 4.78 is 5.36. The molecule has 1 aromatic heterocycles. The number of methoxy groups -OCH3 is 1. The number of nitrogens with one attached hydrogen (secondary N) is 2. The van der Waals surface area contributed by atoms with Crippen LogP contribution < -0.4 is 10.9 Å². The predicted molar refractivity (Wildman–Crippen MR) is 64.8 cm³/mol. The third-order valence-corrected chi connectivity index (χ3v) is 3.23. The fourth-order valence-electron chi connectivity index (χ4n) is 1.31. The van der Waals surface area contributed by atoms with Crippen LogP contribution in [0.15, 0.2) is 30.3 Å². The molecule has 17 heavy (non-hydrogen) atoms. The molecule has 1 aromatic carbocycles. The number of hydrogen-bond donors (Lipinski definition) is 2. The van der Waals surface area contributed by atoms with Crippen LogP contribution >= 0.6 is 11.3 Å². The Balaban J connectivity index is 2.11. The number of carbonyl (C=O) groups excluding carboxylic acids is 2. The summed E-state index contributed by atoms with van der Waals surface area (Å²) in [4.78, 5) is 23.0. The highest BCUT2D eigenvalue weighted by atomic mass is 32.1. The van der Waals surface area contributed by atoms with Crippen LogP contribution in [0.1, 0.15) is 9.67 Å². The number of amides is 2. The van der Waals surface area contributed by atoms with Crippen molar-refractivity contribution in [1.29, 1.82) is 0 Å². The first kappa shape index (κ1) is 11.4. The van der Waals surface area contributed by atoms with Crippen molar-refractivity contribution in [2.45, 2.75) is 0 Å². The first-order valence-electron chi connectivity index (χ1n) is 4.83. The van der Waals surface area contributed by atoms with E-state index in [4.69, 9.17) is 0 Å². The second-order valence-corrected chi connectivity index (χ2v) is 4.30. The highest BCUT2D eigenvalue weighted by Crippen LogP contribution is 2.24. The van der Waals surface area contributed by atoms with E-state index in [0.717, 1.165) is 10.1 Å². The van der Waals surface area contributed by atoms with E-state index in [1.54, 1.807) is 6.07 Å². The van der Waals surface area contributed by atoms with E-state index in [-0.39, 0.29) is 5.91 Å². The molecule has 0 saturated carbocycles. The van der Waals surface area contributed by atoms with E-state index in [1.165, 1.54) is 18.4 Å². The summed E-state index contributed by atoms with van der Waals surface area (Å²) in [6.45, 7) is 0. The topological polar surface area (TPSA) is 67.4 Å². The van der Waals surface area contributed by atoms with Crippen molar-refractivity contribution >= 4 is 33.4 Å². The number of hydrazine groups is 1. The van der Waals surface area contributed by atoms with E-state index in [9.17, 15) is 9.59 Å². The summed E-state index contributed by atoms with van der Waals surface area (Å²) in [7, 11) is 1.22. The number of fused-ring (bicyclic) bond motifs is 1. The molecule has 0 saturated heterocycles. The Kier molecular flexibility index (Phi) is 3.24. The minimum Gasteiger partial charge on any atom is -0.452 e. The largest absolute Gasteiger partial charge is 0.452 e. The molecule has 0 atom stereocenters. The Bertz CT molecular complexity index is 532. The Morgan fingerprint density at radius 3 is 2.71 bits per heavy atom. The van der Waals surface area contributed by atoms with Gasteiger partial charge in [-0.25, -0.2) is 10.2 Å². The summed E-state index contributed by atoms with van der Waals surface area (Å²) in [6, 6.07) is 9.45. The molecule has 0 unspecified atom stereocenters. The first-order chi connectivity index (χ1) is 8.20. The van der Waals surface area contributed by atoms with Crippen LogP contribution in [-0.2, 0) is 4.74 Å². The maximum atomic E-state index is 11.7. The summed E-state index contributed by atoms with van der Waals surface area (Å²) in [5.74, 6) is -0.364. The maximum Gasteiger partial charge on any atom is 0.425 e. The maximum absolute atomic E-state index is 11.7. The molecular formula is C11H10N2O3S. The Labute approximate surface area is 101 Å². The molecule has 2 N–H and O–H groups in total. The van der Waals surface area contributed by atoms with E-state index in [1.807, 2.05) is 24.3 Å². The lowest BCUT2D eigenvalue weighted by Gasteiger charge is -2.03. The van der Waals surface area contributed by atoms with Crippen molar-refractivity contribution in [3.8, 4) is 0 Å². The van der Waals surface area contributed by atoms with Gasteiger partial charge in [-0.05, 0) is 17.5 Å². The van der Waals surface area contributed by atoms with Crippen LogP contribution in [0.25, 0.3) is 10.1 Å². The zero-order valence-corrected chi connectivity index (χ0v) is 9.84. The van der Waals surface area contributed by atoms with Gasteiger partial charge in [-0.2, -0.15) is 0 Å². The summed E-state index contributed by atoms with van der Waals surface area (Å²) >= 11 is 1.36. The van der Waals surface area contributed by atoms with Gasteiger partial charge in [0.05, 0.1) is 12.0 Å². The molecular weight excluding hydrogens is 240 g/mol. The fourth-order valence-corrected chi connectivity index (χ4v) is 2.27. The standard InChI is InChI=1S/C11H10N2O3S/c1-16-11(15)13-12-10(14)9-6-7-4-2-3-5-8(7)17-9/h2-6H,1H3,(H,12,14)(H,13,15). The van der Waals surface area contributed by atoms with E-state index >= 15 is 0 Å². The minimum atomic E-state index is -0.709. The predicted octanol–water partition coefficient (Wildman–Crippen LogP) is 1.90. The van der Waals surface area contributed by atoms with Gasteiger partial charge in [0.15, 0.2) is 0 Å². The smallest absolute Gasteiger partial charge is 0.425 e. The van der Waals surface area contributed by atoms with Crippen molar-refractivity contribution in [2.24, 2.45) is 0 Å². The van der Waals surface area contributed by atoms with Gasteiger partial charge in [0.2, 0.25) is 0 Å². The van der Waals surface area contributed by atoms with Gasteiger partial charge >= 0.3 is 6.09 Å². The SMILES string of the molecule is COC(=O)NNC(=O)c1cc2ccccc2s1. The summed E-state index contributed by atoms with van der Waals surface area (Å²) in [5.41, 5.74) is 4.38. The third-order valence-electron chi connectivity index (χ3n) is 2.11. The van der Waals surface area contributed by atoms with Crippen molar-refractivity contribution in [1.82, 2.24) is 10.9 Å². The lowest BCUT2D eigenvalue weighted by atomic mass is 10.2. The lowest BCUT2D eigenvalue weighted by molar-refractivity contribution is 0.0924. The van der Waals surface area contributed by atoms with Gasteiger partial charge in [0, 0.05) is 4.70 Å². The van der Waals surface area contributed by atoms with E-state index < -0.39 is 6.09 Å². The Morgan fingerprint density at radius 1 is 1.24 bits per heavy atom. The van der Waals surface area contributed by atoms with Gasteiger partial charge in [-0.1, -0.05) is 18.2 Å². The van der Waals surface area contributed by atoms with Gasteiger partial charge in [0.25, 0.3) is 5.91 Å². The molecule has 0 aliphatic rings. The average molecular weight is 250 g/mol. The molecule has 0 spiro atoms. The number of thiophene rings is 1. The molecule has 0 fully saturated rings. The normalized spacial score (nSPS) is 9.94. The van der Waals surface area contributed by atoms with Crippen LogP contribution in [-0.4, -0.2) is 19.1 Å². The zero-order valence-electron chi connectivity index (χ0n) is 9.02. The van der Waals surface area contributed by atoms with Gasteiger partial charge in [-0.3, -0.25) is 10.2 Å². The quantitative estimate of drug-likeness (QED) is 0.760. The molecule has 0 aliphatic carbocycles. The van der Waals surface area contributed by atoms with Crippen LogP contribution in [0.3, 0.4) is 0 Å². The minimum absolute atomic E-state index is 0.364. The van der Waals surface area contributed by atoms with Crippen LogP contribution in [0, 0.1) is 0 Å². The fraction of sp³-hybridized carbons (Fsp3) is 0.0909. The Hall–Kier alpha value is -2.08. The molecule has 2 amide bonds. The van der Waals surface area contributed by atoms with Crippen molar-refractivity contribution < 1.29 is 14.3 Å². The lowest BCUT2D eigenvalue weighted by Crippen LogP contribution is -2.41. The second-order valence-electron chi connectivity index (χ2n) is 3.22. The van der Waals surface area contributed by atoms with Gasteiger partial charge in [0.1, 0.15) is 0 Å². The van der Waals surface area contributed by atoms with Crippen molar-refractivity contribution in [3.05, 3.63) is 35.2 Å². The van der Waals surface area contributed by atoms with Gasteiger partial charge < -0.3 is 4.74 Å². The molecule has 1 heterocycles. The highest BCUT2D eigenvalue weighted by molar-refractivity contribution is 7.20. The van der Waals surface area contributed by atoms with Gasteiger partial charge in [-0.15, -0.1) is 11.3 Å². The average Bonchev–Trinajstić information content (AvgIpc) is 2.79. The molecule has 2 aromatic rings. The summed E-state index contributed by atoms with van der Waals surface area (Å²) in [5, 5.41) is 1.00. The molecule has 5 nitrogen and oxygen atoms in total. The Morgan fingerprint density at radius 2 is 2.00 bits per heavy atom. The van der Waals surface area contributed by atoms with E-state index in [0.29, 0.717) is 4.88 Å². The number of carbonyl (C=O) groups is 2. The van der Waals surface area contributed by atoms with Crippen molar-refractivity contribution in [3.63, 3.8) is 0 Å². The number of benzene rings is 1. The summed E-state index contributed by atoms with van der Waals surface area (Å²) in [6.07, 6.45) is -0.709. The second kappa shape index (κ2) is 4.84. The molecule has 0 radical (unpaired) electrons. The molecule has 88 valence electrons. The van der Waals surface area contributed by atoms with Crippen LogP contribution in [0.4, 0.5) is 4.79 Å². The zero-order chi connectivity index (χ0) is 12.3. The number of hydrogen-bond acceptors (Lipinski definition) is 4. The third kappa shape index (κ3) is 2.54. The molecule has 0 bridgehead atoms. The van der Waals surface area contributed by atoms with Crippen LogP contribution in [0.5, 0.6) is 0 Å².